The molecule has 2 aromatic heterocycles. The van der Waals surface area contributed by atoms with Crippen LogP contribution in [-0.4, -0.2) is 59.5 Å². The van der Waals surface area contributed by atoms with Crippen molar-refractivity contribution in [1.82, 2.24) is 20.2 Å². The standard InChI is InChI=1S/C27H32N4O4/c1-3-16-34-17-13-28-26(32)22-10-9-19(2)30-23(22)20-11-14-31(15-12-20)27(33)24-25(35-18-29-24)21-7-5-4-6-8-21/h4-10,18,20H,3,11-17H2,1-2H3,(H,28,32). The number of piperidine rings is 1. The molecule has 0 aliphatic carbocycles. The Labute approximate surface area is 205 Å². The van der Waals surface area contributed by atoms with Crippen LogP contribution in [0.15, 0.2) is 53.3 Å². The summed E-state index contributed by atoms with van der Waals surface area (Å²) in [6.45, 7) is 6.74. The Bertz CT molecular complexity index is 1140. The van der Waals surface area contributed by atoms with Crippen molar-refractivity contribution in [2.24, 2.45) is 0 Å². The molecule has 1 N–H and O–H groups in total. The molecule has 0 atom stereocenters. The molecule has 1 saturated heterocycles. The molecule has 0 unspecified atom stereocenters. The second kappa shape index (κ2) is 11.8. The van der Waals surface area contributed by atoms with Gasteiger partial charge in [0.2, 0.25) is 0 Å². The lowest BCUT2D eigenvalue weighted by atomic mass is 9.89. The predicted octanol–water partition coefficient (Wildman–Crippen LogP) is 4.22. The molecular weight excluding hydrogens is 444 g/mol. The van der Waals surface area contributed by atoms with Gasteiger partial charge in [-0.05, 0) is 38.3 Å². The monoisotopic (exact) mass is 476 g/mol. The first-order valence-corrected chi connectivity index (χ1v) is 12.2. The number of carbonyl (C=O) groups excluding carboxylic acids is 2. The third-order valence-electron chi connectivity index (χ3n) is 6.16. The highest BCUT2D eigenvalue weighted by molar-refractivity contribution is 5.98. The van der Waals surface area contributed by atoms with E-state index in [1.807, 2.05) is 49.4 Å². The second-order valence-corrected chi connectivity index (χ2v) is 8.72. The highest BCUT2D eigenvalue weighted by Crippen LogP contribution is 2.31. The molecule has 184 valence electrons. The summed E-state index contributed by atoms with van der Waals surface area (Å²) in [5.41, 5.74) is 3.42. The van der Waals surface area contributed by atoms with Gasteiger partial charge in [-0.3, -0.25) is 14.6 Å². The Morgan fingerprint density at radius 1 is 1.11 bits per heavy atom. The molecule has 2 amide bonds. The maximum Gasteiger partial charge on any atom is 0.276 e. The molecule has 8 nitrogen and oxygen atoms in total. The van der Waals surface area contributed by atoms with Crippen molar-refractivity contribution in [1.29, 1.82) is 0 Å². The number of nitrogens with zero attached hydrogens (tertiary/aromatic N) is 3. The van der Waals surface area contributed by atoms with Gasteiger partial charge < -0.3 is 19.4 Å². The Kier molecular flexibility index (Phi) is 8.26. The van der Waals surface area contributed by atoms with Gasteiger partial charge in [0.15, 0.2) is 17.8 Å². The maximum absolute atomic E-state index is 13.2. The van der Waals surface area contributed by atoms with Gasteiger partial charge in [-0.1, -0.05) is 37.3 Å². The number of hydrogen-bond acceptors (Lipinski definition) is 6. The van der Waals surface area contributed by atoms with Gasteiger partial charge in [0.1, 0.15) is 0 Å². The van der Waals surface area contributed by atoms with Gasteiger partial charge in [-0.25, -0.2) is 4.98 Å². The lowest BCUT2D eigenvalue weighted by molar-refractivity contribution is 0.0705. The number of rotatable bonds is 9. The summed E-state index contributed by atoms with van der Waals surface area (Å²) in [5.74, 6) is 0.307. The summed E-state index contributed by atoms with van der Waals surface area (Å²) in [4.78, 5) is 36.8. The van der Waals surface area contributed by atoms with Gasteiger partial charge >= 0.3 is 0 Å². The Hall–Kier alpha value is -3.52. The molecule has 4 rings (SSSR count). The van der Waals surface area contributed by atoms with Crippen molar-refractivity contribution >= 4 is 11.8 Å². The number of ether oxygens (including phenoxy) is 1. The van der Waals surface area contributed by atoms with E-state index >= 15 is 0 Å². The van der Waals surface area contributed by atoms with E-state index in [1.165, 1.54) is 6.39 Å². The first kappa shape index (κ1) is 24.6. The fourth-order valence-electron chi connectivity index (χ4n) is 4.36. The molecule has 1 fully saturated rings. The van der Waals surface area contributed by atoms with Crippen LogP contribution in [0.25, 0.3) is 11.3 Å². The molecule has 1 aliphatic heterocycles. The van der Waals surface area contributed by atoms with E-state index in [4.69, 9.17) is 14.1 Å². The third-order valence-corrected chi connectivity index (χ3v) is 6.16. The van der Waals surface area contributed by atoms with Crippen molar-refractivity contribution < 1.29 is 18.7 Å². The van der Waals surface area contributed by atoms with E-state index in [1.54, 1.807) is 4.90 Å². The van der Waals surface area contributed by atoms with Crippen LogP contribution in [0.1, 0.15) is 64.3 Å². The van der Waals surface area contributed by atoms with Gasteiger partial charge in [-0.15, -0.1) is 0 Å². The molecule has 3 heterocycles. The molecule has 8 heteroatoms. The van der Waals surface area contributed by atoms with Gasteiger partial charge in [0.25, 0.3) is 11.8 Å². The van der Waals surface area contributed by atoms with Crippen LogP contribution in [-0.2, 0) is 4.74 Å². The van der Waals surface area contributed by atoms with E-state index in [-0.39, 0.29) is 17.7 Å². The van der Waals surface area contributed by atoms with Crippen LogP contribution >= 0.6 is 0 Å². The summed E-state index contributed by atoms with van der Waals surface area (Å²) in [5, 5.41) is 2.94. The molecule has 0 saturated carbocycles. The fourth-order valence-corrected chi connectivity index (χ4v) is 4.36. The normalized spacial score (nSPS) is 14.2. The van der Waals surface area contributed by atoms with Gasteiger partial charge in [0, 0.05) is 43.4 Å². The molecule has 0 bridgehead atoms. The van der Waals surface area contributed by atoms with Gasteiger partial charge in [-0.2, -0.15) is 0 Å². The minimum absolute atomic E-state index is 0.0990. The Morgan fingerprint density at radius 3 is 2.63 bits per heavy atom. The van der Waals surface area contributed by atoms with Crippen molar-refractivity contribution in [3.8, 4) is 11.3 Å². The number of carbonyl (C=O) groups is 2. The minimum atomic E-state index is -0.140. The van der Waals surface area contributed by atoms with Gasteiger partial charge in [0.05, 0.1) is 17.9 Å². The zero-order valence-electron chi connectivity index (χ0n) is 20.3. The van der Waals surface area contributed by atoms with Crippen LogP contribution < -0.4 is 5.32 Å². The lowest BCUT2D eigenvalue weighted by Crippen LogP contribution is -2.39. The number of aromatic nitrogens is 2. The largest absolute Gasteiger partial charge is 0.443 e. The number of likely N-dealkylation sites (tertiary alicyclic amines) is 1. The minimum Gasteiger partial charge on any atom is -0.443 e. The third kappa shape index (κ3) is 5.95. The number of pyridine rings is 1. The highest BCUT2D eigenvalue weighted by atomic mass is 16.5. The number of aryl methyl sites for hydroxylation is 1. The molecule has 1 aliphatic rings. The summed E-state index contributed by atoms with van der Waals surface area (Å²) in [7, 11) is 0. The Morgan fingerprint density at radius 2 is 1.89 bits per heavy atom. The molecule has 35 heavy (non-hydrogen) atoms. The zero-order valence-corrected chi connectivity index (χ0v) is 20.3. The molecule has 3 aromatic rings. The van der Waals surface area contributed by atoms with Crippen LogP contribution in [0.5, 0.6) is 0 Å². The topological polar surface area (TPSA) is 97.6 Å². The predicted molar refractivity (Wildman–Crippen MR) is 132 cm³/mol. The van der Waals surface area contributed by atoms with Crippen molar-refractivity contribution in [2.75, 3.05) is 32.8 Å². The smallest absolute Gasteiger partial charge is 0.276 e. The van der Waals surface area contributed by atoms with Crippen LogP contribution in [0, 0.1) is 6.92 Å². The van der Waals surface area contributed by atoms with E-state index in [2.05, 4.69) is 17.2 Å². The van der Waals surface area contributed by atoms with Crippen molar-refractivity contribution in [2.45, 2.75) is 39.0 Å². The quantitative estimate of drug-likeness (QED) is 0.465. The molecule has 0 spiro atoms. The first-order valence-electron chi connectivity index (χ1n) is 12.2. The second-order valence-electron chi connectivity index (χ2n) is 8.72. The number of benzene rings is 1. The van der Waals surface area contributed by atoms with E-state index < -0.39 is 0 Å². The molecule has 1 aromatic carbocycles. The van der Waals surface area contributed by atoms with Crippen LogP contribution in [0.4, 0.5) is 0 Å². The van der Waals surface area contributed by atoms with Crippen LogP contribution in [0.3, 0.4) is 0 Å². The van der Waals surface area contributed by atoms with Crippen molar-refractivity contribution in [3.63, 3.8) is 0 Å². The van der Waals surface area contributed by atoms with E-state index in [9.17, 15) is 9.59 Å². The van der Waals surface area contributed by atoms with E-state index in [0.29, 0.717) is 49.9 Å². The van der Waals surface area contributed by atoms with Crippen LogP contribution in [0.2, 0.25) is 0 Å². The lowest BCUT2D eigenvalue weighted by Gasteiger charge is -2.32. The number of hydrogen-bond donors (Lipinski definition) is 1. The summed E-state index contributed by atoms with van der Waals surface area (Å²) >= 11 is 0. The summed E-state index contributed by atoms with van der Waals surface area (Å²) in [6, 6.07) is 13.2. The van der Waals surface area contributed by atoms with Crippen molar-refractivity contribution in [3.05, 3.63) is 71.5 Å². The molecule has 0 radical (unpaired) electrons. The number of oxazole rings is 1. The maximum atomic E-state index is 13.2. The summed E-state index contributed by atoms with van der Waals surface area (Å²) < 4.78 is 11.0. The fraction of sp³-hybridized carbons (Fsp3) is 0.407. The number of nitrogens with one attached hydrogen (secondary N) is 1. The first-order chi connectivity index (χ1) is 17.1. The van der Waals surface area contributed by atoms with E-state index in [0.717, 1.165) is 36.2 Å². The number of amides is 2. The average molecular weight is 477 g/mol. The molecular formula is C27H32N4O4. The average Bonchev–Trinajstić information content (AvgIpc) is 3.39. The summed E-state index contributed by atoms with van der Waals surface area (Å²) in [6.07, 6.45) is 3.71. The highest BCUT2D eigenvalue weighted by Gasteiger charge is 2.30. The SMILES string of the molecule is CCCOCCNC(=O)c1ccc(C)nc1C1CCN(C(=O)c2ncoc2-c2ccccc2)CC1. The zero-order chi connectivity index (χ0) is 24.6. The Balaban J connectivity index is 1.41.